The van der Waals surface area contributed by atoms with Crippen LogP contribution in [-0.2, 0) is 16.1 Å². The molecule has 0 aliphatic carbocycles. The molecular weight excluding hydrogens is 220 g/mol. The summed E-state index contributed by atoms with van der Waals surface area (Å²) in [6.45, 7) is 1.35. The Balaban J connectivity index is 2.47. The number of carbonyl (C=O) groups excluding carboxylic acids is 2. The van der Waals surface area contributed by atoms with Gasteiger partial charge < -0.3 is 5.11 Å². The maximum absolute atomic E-state index is 11.5. The summed E-state index contributed by atoms with van der Waals surface area (Å²) >= 11 is 0. The number of benzene rings is 1. The van der Waals surface area contributed by atoms with Gasteiger partial charge in [-0.25, -0.2) is 0 Å². The predicted octanol–water partition coefficient (Wildman–Crippen LogP) is -0.200. The fourth-order valence-corrected chi connectivity index (χ4v) is 1.34. The van der Waals surface area contributed by atoms with Crippen molar-refractivity contribution in [2.24, 2.45) is 0 Å². The van der Waals surface area contributed by atoms with Crippen molar-refractivity contribution in [2.75, 3.05) is 6.61 Å². The van der Waals surface area contributed by atoms with Crippen LogP contribution in [0.15, 0.2) is 30.3 Å². The molecule has 2 amide bonds. The zero-order valence-electron chi connectivity index (χ0n) is 9.64. The molecule has 1 aromatic rings. The molecule has 0 bridgehead atoms. The fourth-order valence-electron chi connectivity index (χ4n) is 1.34. The van der Waals surface area contributed by atoms with E-state index in [1.807, 2.05) is 30.3 Å². The van der Waals surface area contributed by atoms with Crippen molar-refractivity contribution in [1.82, 2.24) is 10.6 Å². The van der Waals surface area contributed by atoms with Crippen molar-refractivity contribution < 1.29 is 14.7 Å². The van der Waals surface area contributed by atoms with Gasteiger partial charge in [0.25, 0.3) is 0 Å². The monoisotopic (exact) mass is 236 g/mol. The van der Waals surface area contributed by atoms with Gasteiger partial charge in [0.1, 0.15) is 6.04 Å². The van der Waals surface area contributed by atoms with Crippen molar-refractivity contribution >= 4 is 11.8 Å². The van der Waals surface area contributed by atoms with Crippen molar-refractivity contribution in [3.63, 3.8) is 0 Å². The summed E-state index contributed by atoms with van der Waals surface area (Å²) in [4.78, 5) is 22.2. The molecule has 5 nitrogen and oxygen atoms in total. The zero-order chi connectivity index (χ0) is 12.7. The molecule has 1 atom stereocenters. The lowest BCUT2D eigenvalue weighted by Crippen LogP contribution is -2.47. The van der Waals surface area contributed by atoms with Gasteiger partial charge in [0.2, 0.25) is 11.8 Å². The van der Waals surface area contributed by atoms with Crippen LogP contribution < -0.4 is 10.6 Å². The number of carbonyl (C=O) groups is 2. The average Bonchev–Trinajstić information content (AvgIpc) is 2.30. The molecule has 0 aliphatic rings. The van der Waals surface area contributed by atoms with Gasteiger partial charge in [0.05, 0.1) is 6.61 Å². The number of nitrogens with one attached hydrogen (secondary N) is 2. The normalized spacial score (nSPS) is 11.9. The van der Waals surface area contributed by atoms with E-state index in [0.29, 0.717) is 6.54 Å². The maximum atomic E-state index is 11.5. The van der Waals surface area contributed by atoms with Gasteiger partial charge in [-0.1, -0.05) is 30.3 Å². The van der Waals surface area contributed by atoms with E-state index in [-0.39, 0.29) is 6.61 Å². The van der Waals surface area contributed by atoms with E-state index in [4.69, 9.17) is 5.11 Å². The molecule has 0 spiro atoms. The molecule has 0 aliphatic heterocycles. The number of hydrogen-bond donors (Lipinski definition) is 3. The van der Waals surface area contributed by atoms with Crippen LogP contribution in [0, 0.1) is 0 Å². The lowest BCUT2D eigenvalue weighted by atomic mass is 10.2. The molecular formula is C12H16N2O3. The number of aliphatic hydroxyl groups excluding tert-OH is 1. The Bertz CT molecular complexity index is 379. The highest BCUT2D eigenvalue weighted by atomic mass is 16.3. The second kappa shape index (κ2) is 6.78. The Labute approximate surface area is 99.8 Å². The minimum atomic E-state index is -0.779. The van der Waals surface area contributed by atoms with Crippen LogP contribution in [-0.4, -0.2) is 29.6 Å². The molecule has 92 valence electrons. The van der Waals surface area contributed by atoms with Crippen LogP contribution >= 0.6 is 0 Å². The Morgan fingerprint density at radius 3 is 2.47 bits per heavy atom. The van der Waals surface area contributed by atoms with Crippen LogP contribution in [0.1, 0.15) is 12.5 Å². The molecule has 0 heterocycles. The minimum Gasteiger partial charge on any atom is -0.394 e. The molecule has 0 saturated carbocycles. The largest absolute Gasteiger partial charge is 0.394 e. The van der Waals surface area contributed by atoms with Crippen LogP contribution in [0.3, 0.4) is 0 Å². The summed E-state index contributed by atoms with van der Waals surface area (Å²) in [5, 5.41) is 14.1. The summed E-state index contributed by atoms with van der Waals surface area (Å²) in [6.07, 6.45) is 0. The van der Waals surface area contributed by atoms with Crippen molar-refractivity contribution in [3.8, 4) is 0 Å². The quantitative estimate of drug-likeness (QED) is 0.661. The molecule has 17 heavy (non-hydrogen) atoms. The number of imide groups is 1. The molecule has 0 radical (unpaired) electrons. The number of aliphatic hydroxyl groups is 1. The van der Waals surface area contributed by atoms with Crippen LogP contribution in [0.4, 0.5) is 0 Å². The molecule has 3 N–H and O–H groups in total. The summed E-state index contributed by atoms with van der Waals surface area (Å²) in [5.41, 5.74) is 1.00. The fraction of sp³-hybridized carbons (Fsp3) is 0.333. The van der Waals surface area contributed by atoms with Crippen LogP contribution in [0.25, 0.3) is 0 Å². The Kier molecular flexibility index (Phi) is 5.32. The van der Waals surface area contributed by atoms with Crippen molar-refractivity contribution in [3.05, 3.63) is 35.9 Å². The summed E-state index contributed by atoms with van der Waals surface area (Å²) in [5.74, 6) is -0.953. The van der Waals surface area contributed by atoms with Gasteiger partial charge in [-0.3, -0.25) is 20.2 Å². The maximum Gasteiger partial charge on any atom is 0.246 e. The first-order chi connectivity index (χ1) is 8.13. The topological polar surface area (TPSA) is 78.4 Å². The van der Waals surface area contributed by atoms with Crippen LogP contribution in [0.5, 0.6) is 0 Å². The first-order valence-corrected chi connectivity index (χ1v) is 5.33. The zero-order valence-corrected chi connectivity index (χ0v) is 9.64. The van der Waals surface area contributed by atoms with Gasteiger partial charge in [-0.05, 0) is 5.56 Å². The second-order valence-electron chi connectivity index (χ2n) is 3.65. The Morgan fingerprint density at radius 1 is 1.29 bits per heavy atom. The molecule has 0 saturated heterocycles. The summed E-state index contributed by atoms with van der Waals surface area (Å²) in [7, 11) is 0. The van der Waals surface area contributed by atoms with Gasteiger partial charge in [-0.15, -0.1) is 0 Å². The van der Waals surface area contributed by atoms with Gasteiger partial charge >= 0.3 is 0 Å². The van der Waals surface area contributed by atoms with E-state index >= 15 is 0 Å². The Hall–Kier alpha value is -1.72. The van der Waals surface area contributed by atoms with E-state index in [1.54, 1.807) is 0 Å². The third-order valence-corrected chi connectivity index (χ3v) is 2.19. The van der Waals surface area contributed by atoms with Gasteiger partial charge in [-0.2, -0.15) is 0 Å². The second-order valence-corrected chi connectivity index (χ2v) is 3.65. The van der Waals surface area contributed by atoms with Gasteiger partial charge in [0.15, 0.2) is 0 Å². The molecule has 1 aromatic carbocycles. The first-order valence-electron chi connectivity index (χ1n) is 5.33. The highest BCUT2D eigenvalue weighted by Gasteiger charge is 2.17. The predicted molar refractivity (Wildman–Crippen MR) is 63.0 cm³/mol. The molecule has 1 rings (SSSR count). The summed E-state index contributed by atoms with van der Waals surface area (Å²) in [6, 6.07) is 8.71. The molecule has 0 aromatic heterocycles. The SMILES string of the molecule is CC(=O)NC(=O)[C@@H](CO)NCc1ccccc1. The van der Waals surface area contributed by atoms with Crippen molar-refractivity contribution in [2.45, 2.75) is 19.5 Å². The molecule has 0 unspecified atom stereocenters. The van der Waals surface area contributed by atoms with E-state index in [2.05, 4.69) is 10.6 Å². The molecule has 0 fully saturated rings. The smallest absolute Gasteiger partial charge is 0.246 e. The van der Waals surface area contributed by atoms with Crippen LogP contribution in [0.2, 0.25) is 0 Å². The van der Waals surface area contributed by atoms with E-state index in [0.717, 1.165) is 5.56 Å². The standard InChI is InChI=1S/C12H16N2O3/c1-9(16)14-12(17)11(8-15)13-7-10-5-3-2-4-6-10/h2-6,11,13,15H,7-8H2,1H3,(H,14,16,17)/t11-/m1/s1. The molecule has 5 heteroatoms. The summed E-state index contributed by atoms with van der Waals surface area (Å²) < 4.78 is 0. The number of rotatable bonds is 5. The van der Waals surface area contributed by atoms with E-state index in [1.165, 1.54) is 6.92 Å². The lowest BCUT2D eigenvalue weighted by Gasteiger charge is -2.14. The highest BCUT2D eigenvalue weighted by molar-refractivity contribution is 5.96. The van der Waals surface area contributed by atoms with Gasteiger partial charge in [0, 0.05) is 13.5 Å². The third-order valence-electron chi connectivity index (χ3n) is 2.19. The number of hydrogen-bond acceptors (Lipinski definition) is 4. The third kappa shape index (κ3) is 4.76. The Morgan fingerprint density at radius 2 is 1.94 bits per heavy atom. The average molecular weight is 236 g/mol. The highest BCUT2D eigenvalue weighted by Crippen LogP contribution is 1.98. The van der Waals surface area contributed by atoms with E-state index in [9.17, 15) is 9.59 Å². The van der Waals surface area contributed by atoms with E-state index < -0.39 is 17.9 Å². The lowest BCUT2D eigenvalue weighted by molar-refractivity contribution is -0.131. The first kappa shape index (κ1) is 13.3. The minimum absolute atomic E-state index is 0.355. The number of amides is 2. The van der Waals surface area contributed by atoms with Crippen molar-refractivity contribution in [1.29, 1.82) is 0 Å².